The Morgan fingerprint density at radius 3 is 2.14 bits per heavy atom. The standard InChI is InChI=1S/C4H6Cl2O/c1-3-7-4(2,5)6/h3H,1H2,2H3. The van der Waals surface area contributed by atoms with Crippen LogP contribution in [0.3, 0.4) is 0 Å². The maximum absolute atomic E-state index is 5.31. The Kier molecular flexibility index (Phi) is 2.47. The number of alkyl halides is 2. The topological polar surface area (TPSA) is 9.23 Å². The molecule has 0 radical (unpaired) electrons. The molecule has 0 aliphatic rings. The zero-order valence-corrected chi connectivity index (χ0v) is 5.46. The smallest absolute Gasteiger partial charge is 0.254 e. The van der Waals surface area contributed by atoms with Crippen molar-refractivity contribution < 1.29 is 4.74 Å². The molecule has 3 heteroatoms. The molecule has 0 saturated heterocycles. The molecule has 0 aliphatic carbocycles. The highest BCUT2D eigenvalue weighted by molar-refractivity contribution is 6.46. The molecule has 0 N–H and O–H groups in total. The second-order valence-electron chi connectivity index (χ2n) is 1.09. The van der Waals surface area contributed by atoms with E-state index >= 15 is 0 Å². The molecule has 0 aromatic rings. The molecule has 0 fully saturated rings. The second-order valence-corrected chi connectivity index (χ2v) is 2.73. The summed E-state index contributed by atoms with van der Waals surface area (Å²) in [6, 6.07) is 0. The molecule has 0 unspecified atom stereocenters. The van der Waals surface area contributed by atoms with E-state index in [1.807, 2.05) is 0 Å². The summed E-state index contributed by atoms with van der Waals surface area (Å²) in [4.78, 5) is 0. The van der Waals surface area contributed by atoms with Crippen LogP contribution in [0.15, 0.2) is 12.8 Å². The van der Waals surface area contributed by atoms with Gasteiger partial charge in [-0.05, 0) is 0 Å². The van der Waals surface area contributed by atoms with E-state index in [0.717, 1.165) is 0 Å². The molecule has 0 aromatic carbocycles. The van der Waals surface area contributed by atoms with Gasteiger partial charge in [0.2, 0.25) is 0 Å². The Labute approximate surface area is 52.9 Å². The molecular formula is C4H6Cl2O. The predicted octanol–water partition coefficient (Wildman–Crippen LogP) is 2.30. The molecule has 0 heterocycles. The van der Waals surface area contributed by atoms with Crippen molar-refractivity contribution in [1.29, 1.82) is 0 Å². The minimum atomic E-state index is -1.12. The molecule has 42 valence electrons. The first kappa shape index (κ1) is 7.12. The first-order valence-corrected chi connectivity index (χ1v) is 2.48. The average Bonchev–Trinajstić information content (AvgIpc) is 1.30. The fourth-order valence-electron chi connectivity index (χ4n) is 0.146. The van der Waals surface area contributed by atoms with Crippen LogP contribution in [0.25, 0.3) is 0 Å². The van der Waals surface area contributed by atoms with Crippen LogP contribution in [-0.2, 0) is 4.74 Å². The lowest BCUT2D eigenvalue weighted by Gasteiger charge is -2.10. The molecule has 0 amide bonds. The van der Waals surface area contributed by atoms with Crippen LogP contribution in [0.2, 0.25) is 0 Å². The first-order valence-electron chi connectivity index (χ1n) is 1.73. The van der Waals surface area contributed by atoms with Gasteiger partial charge in [-0.3, -0.25) is 0 Å². The van der Waals surface area contributed by atoms with Crippen molar-refractivity contribution in [3.8, 4) is 0 Å². The van der Waals surface area contributed by atoms with Gasteiger partial charge in [0.25, 0.3) is 4.52 Å². The summed E-state index contributed by atoms with van der Waals surface area (Å²) in [6.07, 6.45) is 1.19. The van der Waals surface area contributed by atoms with Gasteiger partial charge < -0.3 is 4.74 Å². The molecule has 0 spiro atoms. The zero-order valence-electron chi connectivity index (χ0n) is 3.95. The van der Waals surface area contributed by atoms with Crippen molar-refractivity contribution in [2.45, 2.75) is 11.4 Å². The molecule has 0 bridgehead atoms. The maximum Gasteiger partial charge on any atom is 0.254 e. The fraction of sp³-hybridized carbons (Fsp3) is 0.500. The summed E-state index contributed by atoms with van der Waals surface area (Å²) < 4.78 is 3.40. The highest BCUT2D eigenvalue weighted by Crippen LogP contribution is 2.20. The number of ether oxygens (including phenoxy) is 1. The van der Waals surface area contributed by atoms with E-state index in [9.17, 15) is 0 Å². The first-order chi connectivity index (χ1) is 3.06. The van der Waals surface area contributed by atoms with Gasteiger partial charge in [0.15, 0.2) is 0 Å². The fourth-order valence-corrected chi connectivity index (χ4v) is 0.272. The van der Waals surface area contributed by atoms with E-state index in [4.69, 9.17) is 23.2 Å². The Bertz CT molecular complexity index is 64.6. The summed E-state index contributed by atoms with van der Waals surface area (Å²) in [5.74, 6) is 0. The van der Waals surface area contributed by atoms with E-state index in [1.54, 1.807) is 0 Å². The molecule has 1 nitrogen and oxygen atoms in total. The summed E-state index contributed by atoms with van der Waals surface area (Å²) >= 11 is 10.6. The minimum Gasteiger partial charge on any atom is -0.467 e. The monoisotopic (exact) mass is 140 g/mol. The number of hydrogen-bond acceptors (Lipinski definition) is 1. The second kappa shape index (κ2) is 2.43. The van der Waals surface area contributed by atoms with E-state index in [1.165, 1.54) is 13.2 Å². The van der Waals surface area contributed by atoms with Crippen molar-refractivity contribution >= 4 is 23.2 Å². The van der Waals surface area contributed by atoms with Gasteiger partial charge in [0.1, 0.15) is 0 Å². The normalized spacial score (nSPS) is 10.7. The van der Waals surface area contributed by atoms with Crippen molar-refractivity contribution in [3.63, 3.8) is 0 Å². The number of halogens is 2. The summed E-state index contributed by atoms with van der Waals surface area (Å²) in [5, 5.41) is 0. The molecule has 7 heavy (non-hydrogen) atoms. The number of hydrogen-bond donors (Lipinski definition) is 0. The Morgan fingerprint density at radius 1 is 1.71 bits per heavy atom. The molecule has 0 saturated carbocycles. The van der Waals surface area contributed by atoms with Crippen LogP contribution in [-0.4, -0.2) is 4.52 Å². The molecular weight excluding hydrogens is 135 g/mol. The lowest BCUT2D eigenvalue weighted by atomic mass is 10.8. The van der Waals surface area contributed by atoms with Crippen LogP contribution >= 0.6 is 23.2 Å². The number of rotatable bonds is 2. The lowest BCUT2D eigenvalue weighted by Crippen LogP contribution is -2.06. The lowest BCUT2D eigenvalue weighted by molar-refractivity contribution is 0.198. The van der Waals surface area contributed by atoms with Crippen LogP contribution in [0.1, 0.15) is 6.92 Å². The highest BCUT2D eigenvalue weighted by Gasteiger charge is 2.13. The minimum absolute atomic E-state index is 1.12. The molecule has 0 aromatic heterocycles. The van der Waals surface area contributed by atoms with Gasteiger partial charge in [-0.15, -0.1) is 0 Å². The van der Waals surface area contributed by atoms with E-state index in [0.29, 0.717) is 0 Å². The third-order valence-electron chi connectivity index (χ3n) is 0.290. The predicted molar refractivity (Wildman–Crippen MR) is 31.4 cm³/mol. The largest absolute Gasteiger partial charge is 0.467 e. The van der Waals surface area contributed by atoms with Crippen LogP contribution < -0.4 is 0 Å². The van der Waals surface area contributed by atoms with E-state index in [-0.39, 0.29) is 0 Å². The van der Waals surface area contributed by atoms with Crippen LogP contribution in [0.4, 0.5) is 0 Å². The summed E-state index contributed by atoms with van der Waals surface area (Å²) in [5.41, 5.74) is 0. The SMILES string of the molecule is C=COC(C)(Cl)Cl. The summed E-state index contributed by atoms with van der Waals surface area (Å²) in [7, 11) is 0. The quantitative estimate of drug-likeness (QED) is 0.423. The van der Waals surface area contributed by atoms with Crippen molar-refractivity contribution in [3.05, 3.63) is 12.8 Å². The maximum atomic E-state index is 5.31. The molecule has 0 rings (SSSR count). The van der Waals surface area contributed by atoms with Gasteiger partial charge in [-0.1, -0.05) is 29.8 Å². The molecule has 0 aliphatic heterocycles. The zero-order chi connectivity index (χ0) is 5.91. The third kappa shape index (κ3) is 6.12. The highest BCUT2D eigenvalue weighted by atomic mass is 35.5. The van der Waals surface area contributed by atoms with Crippen molar-refractivity contribution in [2.24, 2.45) is 0 Å². The average molecular weight is 141 g/mol. The van der Waals surface area contributed by atoms with Gasteiger partial charge in [-0.2, -0.15) is 0 Å². The Balaban J connectivity index is 3.34. The van der Waals surface area contributed by atoms with Gasteiger partial charge in [-0.25, -0.2) is 0 Å². The van der Waals surface area contributed by atoms with Crippen LogP contribution in [0.5, 0.6) is 0 Å². The molecule has 0 atom stereocenters. The van der Waals surface area contributed by atoms with Crippen molar-refractivity contribution in [2.75, 3.05) is 0 Å². The third-order valence-corrected chi connectivity index (χ3v) is 0.468. The van der Waals surface area contributed by atoms with Gasteiger partial charge in [0.05, 0.1) is 6.26 Å². The Hall–Kier alpha value is 0.120. The van der Waals surface area contributed by atoms with E-state index < -0.39 is 4.52 Å². The van der Waals surface area contributed by atoms with Crippen LogP contribution in [0, 0.1) is 0 Å². The Morgan fingerprint density at radius 2 is 2.14 bits per heavy atom. The van der Waals surface area contributed by atoms with Crippen molar-refractivity contribution in [1.82, 2.24) is 0 Å². The van der Waals surface area contributed by atoms with Gasteiger partial charge in [0, 0.05) is 6.92 Å². The van der Waals surface area contributed by atoms with E-state index in [2.05, 4.69) is 11.3 Å². The summed E-state index contributed by atoms with van der Waals surface area (Å²) in [6.45, 7) is 4.77. The van der Waals surface area contributed by atoms with Gasteiger partial charge >= 0.3 is 0 Å².